The van der Waals surface area contributed by atoms with Crippen LogP contribution in [0.2, 0.25) is 0 Å². The van der Waals surface area contributed by atoms with E-state index < -0.39 is 0 Å². The van der Waals surface area contributed by atoms with E-state index in [2.05, 4.69) is 20.8 Å². The molecular weight excluding hydrogens is 358 g/mol. The van der Waals surface area contributed by atoms with Gasteiger partial charge in [0.15, 0.2) is 5.65 Å². The van der Waals surface area contributed by atoms with Crippen molar-refractivity contribution in [3.05, 3.63) is 22.1 Å². The van der Waals surface area contributed by atoms with Gasteiger partial charge in [0.05, 0.1) is 30.7 Å². The molecule has 144 valence electrons. The van der Waals surface area contributed by atoms with Gasteiger partial charge in [0.25, 0.3) is 0 Å². The Kier molecular flexibility index (Phi) is 4.04. The molecule has 5 rings (SSSR count). The number of rotatable bonds is 2. The summed E-state index contributed by atoms with van der Waals surface area (Å²) in [6.45, 7) is 12.7. The van der Waals surface area contributed by atoms with Crippen molar-refractivity contribution in [2.24, 2.45) is 5.92 Å². The van der Waals surface area contributed by atoms with E-state index in [1.54, 1.807) is 16.2 Å². The van der Waals surface area contributed by atoms with Gasteiger partial charge in [0, 0.05) is 17.2 Å². The van der Waals surface area contributed by atoms with Crippen LogP contribution in [0.5, 0.6) is 0 Å². The average Bonchev–Trinajstić information content (AvgIpc) is 3.15. The minimum Gasteiger partial charge on any atom is -0.370 e. The first-order valence-corrected chi connectivity index (χ1v) is 10.9. The van der Waals surface area contributed by atoms with Crippen LogP contribution in [0.25, 0.3) is 15.9 Å². The number of quaternary nitrogens is 1. The van der Waals surface area contributed by atoms with Crippen LogP contribution in [-0.2, 0) is 24.3 Å². The number of nitrogens with one attached hydrogen (secondary N) is 1. The number of hydrogen-bond donors (Lipinski definition) is 1. The summed E-state index contributed by atoms with van der Waals surface area (Å²) in [5.74, 6) is 2.66. The fourth-order valence-electron chi connectivity index (χ4n) is 4.64. The first-order valence-electron chi connectivity index (χ1n) is 10.0. The molecule has 3 aromatic heterocycles. The molecule has 1 saturated heterocycles. The molecule has 2 aliphatic heterocycles. The molecule has 27 heavy (non-hydrogen) atoms. The SMILES string of the molecule is Cc1nc2sc3c(c2c2nc(C[NH+]4CCC[C@H](C)C4)nn12)CC(C)(C)OC3. The lowest BCUT2D eigenvalue weighted by atomic mass is 9.94. The minimum absolute atomic E-state index is 0.139. The maximum absolute atomic E-state index is 6.02. The zero-order chi connectivity index (χ0) is 18.8. The molecule has 2 aliphatic rings. The van der Waals surface area contributed by atoms with Crippen LogP contribution in [0.1, 0.15) is 55.7 Å². The highest BCUT2D eigenvalue weighted by Crippen LogP contribution is 2.39. The zero-order valence-corrected chi connectivity index (χ0v) is 17.4. The van der Waals surface area contributed by atoms with Gasteiger partial charge in [-0.25, -0.2) is 9.97 Å². The van der Waals surface area contributed by atoms with Gasteiger partial charge in [-0.1, -0.05) is 6.92 Å². The molecule has 0 bridgehead atoms. The molecule has 7 heteroatoms. The number of aryl methyl sites for hydroxylation is 1. The van der Waals surface area contributed by atoms with Gasteiger partial charge in [-0.05, 0) is 39.2 Å². The van der Waals surface area contributed by atoms with E-state index >= 15 is 0 Å². The quantitative estimate of drug-likeness (QED) is 0.734. The lowest BCUT2D eigenvalue weighted by molar-refractivity contribution is -0.922. The third kappa shape index (κ3) is 3.05. The Hall–Kier alpha value is -1.57. The topological polar surface area (TPSA) is 56.8 Å². The van der Waals surface area contributed by atoms with Crippen molar-refractivity contribution in [2.45, 2.75) is 65.7 Å². The summed E-state index contributed by atoms with van der Waals surface area (Å²) in [5, 5.41) is 6.03. The van der Waals surface area contributed by atoms with E-state index in [9.17, 15) is 0 Å². The largest absolute Gasteiger partial charge is 0.370 e. The Labute approximate surface area is 163 Å². The summed E-state index contributed by atoms with van der Waals surface area (Å²) in [6, 6.07) is 0. The number of piperidine rings is 1. The number of fused-ring (bicyclic) bond motifs is 5. The second-order valence-corrected chi connectivity index (χ2v) is 10.0. The molecule has 0 saturated carbocycles. The van der Waals surface area contributed by atoms with Crippen molar-refractivity contribution in [1.82, 2.24) is 19.6 Å². The number of hydrogen-bond acceptors (Lipinski definition) is 5. The van der Waals surface area contributed by atoms with Gasteiger partial charge in [-0.3, -0.25) is 0 Å². The molecule has 6 nitrogen and oxygen atoms in total. The smallest absolute Gasteiger partial charge is 0.206 e. The lowest BCUT2D eigenvalue weighted by Gasteiger charge is -2.30. The summed E-state index contributed by atoms with van der Waals surface area (Å²) < 4.78 is 7.97. The number of thiophene rings is 1. The van der Waals surface area contributed by atoms with Gasteiger partial charge in [-0.15, -0.1) is 16.4 Å². The van der Waals surface area contributed by atoms with Crippen molar-refractivity contribution in [3.8, 4) is 0 Å². The zero-order valence-electron chi connectivity index (χ0n) is 16.6. The summed E-state index contributed by atoms with van der Waals surface area (Å²) in [7, 11) is 0. The van der Waals surface area contributed by atoms with Crippen molar-refractivity contribution >= 4 is 27.2 Å². The standard InChI is InChI=1S/C20H27N5OS/c1-12-6-5-7-24(9-12)10-16-22-18-17-14-8-20(3,4)26-11-15(14)27-19(17)21-13(2)25(18)23-16/h12H,5-11H2,1-4H3/p+1/t12-/m0/s1. The molecule has 0 aromatic carbocycles. The Balaban J connectivity index is 1.60. The van der Waals surface area contributed by atoms with Crippen LogP contribution in [0.3, 0.4) is 0 Å². The Morgan fingerprint density at radius 1 is 1.33 bits per heavy atom. The Morgan fingerprint density at radius 3 is 3.00 bits per heavy atom. The number of likely N-dealkylation sites (tertiary alicyclic amines) is 1. The van der Waals surface area contributed by atoms with E-state index in [-0.39, 0.29) is 5.60 Å². The summed E-state index contributed by atoms with van der Waals surface area (Å²) >= 11 is 1.75. The maximum Gasteiger partial charge on any atom is 0.206 e. The van der Waals surface area contributed by atoms with Gasteiger partial charge in [-0.2, -0.15) is 4.52 Å². The fraction of sp³-hybridized carbons (Fsp3) is 0.650. The van der Waals surface area contributed by atoms with Crippen LogP contribution in [0.4, 0.5) is 0 Å². The molecule has 1 unspecified atom stereocenters. The van der Waals surface area contributed by atoms with E-state index in [1.807, 2.05) is 11.4 Å². The Bertz CT molecular complexity index is 1020. The molecule has 3 aromatic rings. The summed E-state index contributed by atoms with van der Waals surface area (Å²) in [6.07, 6.45) is 3.56. The van der Waals surface area contributed by atoms with Crippen molar-refractivity contribution in [2.75, 3.05) is 13.1 Å². The summed E-state index contributed by atoms with van der Waals surface area (Å²) in [5.41, 5.74) is 2.20. The van der Waals surface area contributed by atoms with E-state index in [0.717, 1.165) is 41.0 Å². The Morgan fingerprint density at radius 2 is 2.19 bits per heavy atom. The first-order chi connectivity index (χ1) is 12.9. The molecular formula is C20H28N5OS+. The minimum atomic E-state index is -0.139. The average molecular weight is 387 g/mol. The highest BCUT2D eigenvalue weighted by atomic mass is 32.1. The number of aromatic nitrogens is 4. The molecule has 0 aliphatic carbocycles. The highest BCUT2D eigenvalue weighted by Gasteiger charge is 2.31. The number of nitrogens with zero attached hydrogens (tertiary/aromatic N) is 4. The first kappa shape index (κ1) is 17.5. The lowest BCUT2D eigenvalue weighted by Crippen LogP contribution is -3.12. The third-order valence-electron chi connectivity index (χ3n) is 5.99. The van der Waals surface area contributed by atoms with E-state index in [4.69, 9.17) is 19.8 Å². The van der Waals surface area contributed by atoms with Gasteiger partial charge >= 0.3 is 0 Å². The molecule has 1 fully saturated rings. The molecule has 0 radical (unpaired) electrons. The molecule has 1 N–H and O–H groups in total. The molecule has 5 heterocycles. The van der Waals surface area contributed by atoms with Crippen LogP contribution >= 0.6 is 11.3 Å². The van der Waals surface area contributed by atoms with Crippen LogP contribution in [0, 0.1) is 12.8 Å². The number of ether oxygens (including phenoxy) is 1. The van der Waals surface area contributed by atoms with E-state index in [1.165, 1.54) is 41.8 Å². The maximum atomic E-state index is 6.02. The third-order valence-corrected chi connectivity index (χ3v) is 7.09. The molecule has 2 atom stereocenters. The monoisotopic (exact) mass is 386 g/mol. The van der Waals surface area contributed by atoms with Gasteiger partial charge in [0.1, 0.15) is 17.2 Å². The highest BCUT2D eigenvalue weighted by molar-refractivity contribution is 7.19. The van der Waals surface area contributed by atoms with E-state index in [0.29, 0.717) is 6.61 Å². The molecule has 0 amide bonds. The molecule has 0 spiro atoms. The van der Waals surface area contributed by atoms with Gasteiger partial charge < -0.3 is 9.64 Å². The predicted molar refractivity (Wildman–Crippen MR) is 106 cm³/mol. The van der Waals surface area contributed by atoms with Crippen molar-refractivity contribution < 1.29 is 9.64 Å². The predicted octanol–water partition coefficient (Wildman–Crippen LogP) is 2.31. The summed E-state index contributed by atoms with van der Waals surface area (Å²) in [4.78, 5) is 13.8. The van der Waals surface area contributed by atoms with Crippen LogP contribution in [-0.4, -0.2) is 38.3 Å². The van der Waals surface area contributed by atoms with Crippen molar-refractivity contribution in [3.63, 3.8) is 0 Å². The van der Waals surface area contributed by atoms with Crippen LogP contribution < -0.4 is 4.90 Å². The second-order valence-electron chi connectivity index (χ2n) is 8.96. The fourth-order valence-corrected chi connectivity index (χ4v) is 5.78. The normalized spacial score (nSPS) is 25.2. The van der Waals surface area contributed by atoms with Crippen molar-refractivity contribution in [1.29, 1.82) is 0 Å². The second kappa shape index (κ2) is 6.22. The van der Waals surface area contributed by atoms with Crippen LogP contribution in [0.15, 0.2) is 0 Å². The van der Waals surface area contributed by atoms with Gasteiger partial charge in [0.2, 0.25) is 5.82 Å².